The molecule has 94 valence electrons. The lowest BCUT2D eigenvalue weighted by atomic mass is 10.1. The molecule has 18 heavy (non-hydrogen) atoms. The zero-order valence-electron chi connectivity index (χ0n) is 9.55. The van der Waals surface area contributed by atoms with E-state index in [9.17, 15) is 9.59 Å². The fraction of sp³-hybridized carbons (Fsp3) is 0.250. The van der Waals surface area contributed by atoms with E-state index < -0.39 is 5.97 Å². The van der Waals surface area contributed by atoms with Crippen molar-refractivity contribution in [3.8, 4) is 6.07 Å². The molecule has 1 aromatic rings. The number of thioether (sulfide) groups is 1. The Morgan fingerprint density at radius 3 is 2.89 bits per heavy atom. The number of nitrogens with zero attached hydrogens (tertiary/aromatic N) is 1. The lowest BCUT2D eigenvalue weighted by Gasteiger charge is -2.05. The number of carbonyl (C=O) groups excluding carboxylic acids is 1. The van der Waals surface area contributed by atoms with E-state index >= 15 is 0 Å². The van der Waals surface area contributed by atoms with Crippen LogP contribution in [-0.2, 0) is 11.3 Å². The molecule has 0 spiro atoms. The summed E-state index contributed by atoms with van der Waals surface area (Å²) in [6.45, 7) is 0.285. The summed E-state index contributed by atoms with van der Waals surface area (Å²) in [5, 5.41) is 19.8. The van der Waals surface area contributed by atoms with Crippen LogP contribution in [0.5, 0.6) is 0 Å². The highest BCUT2D eigenvalue weighted by Gasteiger charge is 2.05. The van der Waals surface area contributed by atoms with Crippen LogP contribution in [0.2, 0.25) is 0 Å². The SMILES string of the molecule is N#CCSCC(=O)NCc1cccc(C(=O)O)c1. The van der Waals surface area contributed by atoms with Crippen molar-refractivity contribution in [2.75, 3.05) is 11.5 Å². The molecular formula is C12H12N2O3S. The fourth-order valence-corrected chi connectivity index (χ4v) is 1.74. The van der Waals surface area contributed by atoms with Crippen molar-refractivity contribution >= 4 is 23.6 Å². The average Bonchev–Trinajstić information content (AvgIpc) is 2.37. The second-order valence-electron chi connectivity index (χ2n) is 3.43. The monoisotopic (exact) mass is 264 g/mol. The first-order valence-electron chi connectivity index (χ1n) is 5.17. The molecule has 0 unspecified atom stereocenters. The molecule has 5 nitrogen and oxygen atoms in total. The van der Waals surface area contributed by atoms with Gasteiger partial charge in [-0.3, -0.25) is 4.79 Å². The first kappa shape index (κ1) is 14.1. The van der Waals surface area contributed by atoms with Crippen molar-refractivity contribution in [2.45, 2.75) is 6.54 Å². The summed E-state index contributed by atoms with van der Waals surface area (Å²) in [5.74, 6) is -0.655. The predicted molar refractivity (Wildman–Crippen MR) is 68.2 cm³/mol. The van der Waals surface area contributed by atoms with Crippen LogP contribution in [0.4, 0.5) is 0 Å². The summed E-state index contributed by atoms with van der Waals surface area (Å²) in [7, 11) is 0. The van der Waals surface area contributed by atoms with Crippen LogP contribution < -0.4 is 5.32 Å². The van der Waals surface area contributed by atoms with Gasteiger partial charge >= 0.3 is 5.97 Å². The summed E-state index contributed by atoms with van der Waals surface area (Å²) in [6, 6.07) is 8.33. The van der Waals surface area contributed by atoms with E-state index in [2.05, 4.69) is 5.32 Å². The van der Waals surface area contributed by atoms with Crippen LogP contribution in [0.25, 0.3) is 0 Å². The van der Waals surface area contributed by atoms with Crippen molar-refractivity contribution in [1.29, 1.82) is 5.26 Å². The summed E-state index contributed by atoms with van der Waals surface area (Å²) in [5.41, 5.74) is 0.925. The molecule has 0 aliphatic heterocycles. The minimum absolute atomic E-state index is 0.170. The van der Waals surface area contributed by atoms with Crippen LogP contribution in [0, 0.1) is 11.3 Å². The van der Waals surface area contributed by atoms with E-state index in [1.165, 1.54) is 23.9 Å². The molecule has 2 N–H and O–H groups in total. The van der Waals surface area contributed by atoms with Crippen molar-refractivity contribution in [3.63, 3.8) is 0 Å². The molecule has 0 aromatic heterocycles. The van der Waals surface area contributed by atoms with Gasteiger partial charge in [0.05, 0.1) is 23.1 Å². The molecule has 1 amide bonds. The Hall–Kier alpha value is -2.00. The number of nitrogens with one attached hydrogen (secondary N) is 1. The number of carboxylic acid groups (broad SMARTS) is 1. The molecular weight excluding hydrogens is 252 g/mol. The zero-order valence-corrected chi connectivity index (χ0v) is 10.4. The quantitative estimate of drug-likeness (QED) is 0.755. The lowest BCUT2D eigenvalue weighted by Crippen LogP contribution is -2.24. The second kappa shape index (κ2) is 7.35. The summed E-state index contributed by atoms with van der Waals surface area (Å²) < 4.78 is 0. The van der Waals surface area contributed by atoms with Crippen LogP contribution >= 0.6 is 11.8 Å². The minimum atomic E-state index is -0.993. The molecule has 0 aliphatic carbocycles. The van der Waals surface area contributed by atoms with Gasteiger partial charge in [-0.1, -0.05) is 12.1 Å². The molecule has 0 aliphatic rings. The van der Waals surface area contributed by atoms with E-state index in [0.717, 1.165) is 5.56 Å². The van der Waals surface area contributed by atoms with Gasteiger partial charge in [-0.2, -0.15) is 5.26 Å². The molecule has 1 rings (SSSR count). The standard InChI is InChI=1S/C12H12N2O3S/c13-4-5-18-8-11(15)14-7-9-2-1-3-10(6-9)12(16)17/h1-3,6H,5,7-8H2,(H,14,15)(H,16,17). The number of benzene rings is 1. The number of hydrogen-bond donors (Lipinski definition) is 2. The minimum Gasteiger partial charge on any atom is -0.478 e. The molecule has 0 saturated carbocycles. The van der Waals surface area contributed by atoms with Crippen LogP contribution in [0.15, 0.2) is 24.3 Å². The van der Waals surface area contributed by atoms with Crippen molar-refractivity contribution in [1.82, 2.24) is 5.32 Å². The van der Waals surface area contributed by atoms with Crippen LogP contribution in [0.1, 0.15) is 15.9 Å². The average molecular weight is 264 g/mol. The Balaban J connectivity index is 2.44. The number of rotatable bonds is 6. The highest BCUT2D eigenvalue weighted by molar-refractivity contribution is 8.00. The van der Waals surface area contributed by atoms with E-state index in [-0.39, 0.29) is 29.5 Å². The molecule has 0 bridgehead atoms. The normalized spacial score (nSPS) is 9.50. The first-order chi connectivity index (χ1) is 8.63. The van der Waals surface area contributed by atoms with E-state index in [1.54, 1.807) is 12.1 Å². The fourth-order valence-electron chi connectivity index (χ4n) is 1.26. The Morgan fingerprint density at radius 1 is 1.44 bits per heavy atom. The maximum absolute atomic E-state index is 11.4. The van der Waals surface area contributed by atoms with Crippen LogP contribution in [0.3, 0.4) is 0 Å². The summed E-state index contributed by atoms with van der Waals surface area (Å²) in [6.07, 6.45) is 0. The molecule has 0 atom stereocenters. The molecule has 0 fully saturated rings. The first-order valence-corrected chi connectivity index (χ1v) is 6.32. The van der Waals surface area contributed by atoms with Crippen molar-refractivity contribution in [3.05, 3.63) is 35.4 Å². The Labute approximate surface area is 109 Å². The van der Waals surface area contributed by atoms with Crippen LogP contribution in [-0.4, -0.2) is 28.5 Å². The third kappa shape index (κ3) is 4.89. The van der Waals surface area contributed by atoms with E-state index in [0.29, 0.717) is 0 Å². The number of hydrogen-bond acceptors (Lipinski definition) is 4. The Kier molecular flexibility index (Phi) is 5.74. The van der Waals surface area contributed by atoms with E-state index in [1.807, 2.05) is 6.07 Å². The summed E-state index contributed by atoms with van der Waals surface area (Å²) in [4.78, 5) is 22.1. The maximum atomic E-state index is 11.4. The van der Waals surface area contributed by atoms with Gasteiger partial charge in [0.1, 0.15) is 0 Å². The van der Waals surface area contributed by atoms with Gasteiger partial charge in [0.2, 0.25) is 5.91 Å². The second-order valence-corrected chi connectivity index (χ2v) is 4.42. The Bertz CT molecular complexity index is 482. The zero-order chi connectivity index (χ0) is 13.4. The lowest BCUT2D eigenvalue weighted by molar-refractivity contribution is -0.118. The molecule has 6 heteroatoms. The van der Waals surface area contributed by atoms with Gasteiger partial charge in [0.15, 0.2) is 0 Å². The number of aromatic carboxylic acids is 1. The van der Waals surface area contributed by atoms with E-state index in [4.69, 9.17) is 10.4 Å². The van der Waals surface area contributed by atoms with Gasteiger partial charge in [0.25, 0.3) is 0 Å². The van der Waals surface area contributed by atoms with Crippen molar-refractivity contribution in [2.24, 2.45) is 0 Å². The maximum Gasteiger partial charge on any atom is 0.335 e. The molecule has 0 heterocycles. The smallest absolute Gasteiger partial charge is 0.335 e. The molecule has 0 radical (unpaired) electrons. The van der Waals surface area contributed by atoms with Gasteiger partial charge in [-0.05, 0) is 17.7 Å². The predicted octanol–water partition coefficient (Wildman–Crippen LogP) is 1.26. The highest BCUT2D eigenvalue weighted by atomic mass is 32.2. The largest absolute Gasteiger partial charge is 0.478 e. The van der Waals surface area contributed by atoms with Gasteiger partial charge < -0.3 is 10.4 Å². The topological polar surface area (TPSA) is 90.2 Å². The summed E-state index contributed by atoms with van der Waals surface area (Å²) >= 11 is 1.24. The van der Waals surface area contributed by atoms with Gasteiger partial charge in [0, 0.05) is 6.54 Å². The van der Waals surface area contributed by atoms with Crippen molar-refractivity contribution < 1.29 is 14.7 Å². The number of carboxylic acids is 1. The third-order valence-electron chi connectivity index (χ3n) is 2.06. The molecule has 1 aromatic carbocycles. The number of nitriles is 1. The number of carbonyl (C=O) groups is 2. The highest BCUT2D eigenvalue weighted by Crippen LogP contribution is 2.05. The van der Waals surface area contributed by atoms with Gasteiger partial charge in [-0.15, -0.1) is 11.8 Å². The van der Waals surface area contributed by atoms with Gasteiger partial charge in [-0.25, -0.2) is 4.79 Å². The molecule has 0 saturated heterocycles. The number of amides is 1. The third-order valence-corrected chi connectivity index (χ3v) is 2.86. The Morgan fingerprint density at radius 2 is 2.22 bits per heavy atom.